The van der Waals surface area contributed by atoms with E-state index in [9.17, 15) is 10.2 Å². The highest BCUT2D eigenvalue weighted by atomic mass is 16.3. The van der Waals surface area contributed by atoms with Gasteiger partial charge in [-0.25, -0.2) is 0 Å². The number of phenolic OH excluding ortho intramolecular Hbond substituents is 2. The van der Waals surface area contributed by atoms with Crippen molar-refractivity contribution in [3.05, 3.63) is 59.7 Å². The first-order valence-electron chi connectivity index (χ1n) is 13.2. The molecule has 2 N–H and O–H groups in total. The Morgan fingerprint density at radius 3 is 1.16 bits per heavy atom. The van der Waals surface area contributed by atoms with Crippen molar-refractivity contribution in [3.63, 3.8) is 0 Å². The summed E-state index contributed by atoms with van der Waals surface area (Å²) in [5.41, 5.74) is 2.32. The Kier molecular flexibility index (Phi) is 12.3. The second-order valence-corrected chi connectivity index (χ2v) is 9.77. The number of aromatic hydroxyl groups is 2. The Bertz CT molecular complexity index is 672. The normalized spacial score (nSPS) is 11.7. The minimum absolute atomic E-state index is 0.113. The molecule has 0 bridgehead atoms. The highest BCUT2D eigenvalue weighted by Crippen LogP contribution is 2.38. The summed E-state index contributed by atoms with van der Waals surface area (Å²) in [5, 5.41) is 19.4. The van der Waals surface area contributed by atoms with Gasteiger partial charge in [-0.15, -0.1) is 0 Å². The van der Waals surface area contributed by atoms with Crippen molar-refractivity contribution in [2.24, 2.45) is 0 Å². The van der Waals surface area contributed by atoms with Gasteiger partial charge in [0.25, 0.3) is 0 Å². The molecule has 0 aromatic heterocycles. The lowest BCUT2D eigenvalue weighted by Crippen LogP contribution is -2.23. The van der Waals surface area contributed by atoms with E-state index in [2.05, 4.69) is 13.8 Å². The van der Waals surface area contributed by atoms with E-state index < -0.39 is 0 Å². The van der Waals surface area contributed by atoms with Crippen molar-refractivity contribution < 1.29 is 10.2 Å². The molecular formula is C30H46O2. The smallest absolute Gasteiger partial charge is 0.115 e. The SMILES string of the molecule is CCCCCCCCCCCCCCCCC(C)(c1ccc(O)cc1)c1ccc(O)cc1. The number of hydrogen-bond acceptors (Lipinski definition) is 2. The molecule has 32 heavy (non-hydrogen) atoms. The highest BCUT2D eigenvalue weighted by Gasteiger charge is 2.28. The van der Waals surface area contributed by atoms with Crippen LogP contribution in [0.1, 0.15) is 121 Å². The van der Waals surface area contributed by atoms with Crippen LogP contribution in [0.4, 0.5) is 0 Å². The van der Waals surface area contributed by atoms with Crippen LogP contribution in [-0.4, -0.2) is 10.2 Å². The second-order valence-electron chi connectivity index (χ2n) is 9.77. The number of benzene rings is 2. The summed E-state index contributed by atoms with van der Waals surface area (Å²) in [6.07, 6.45) is 20.3. The summed E-state index contributed by atoms with van der Waals surface area (Å²) in [7, 11) is 0. The number of unbranched alkanes of at least 4 members (excludes halogenated alkanes) is 13. The van der Waals surface area contributed by atoms with Gasteiger partial charge in [0, 0.05) is 5.41 Å². The van der Waals surface area contributed by atoms with Crippen LogP contribution in [0.3, 0.4) is 0 Å². The van der Waals surface area contributed by atoms with E-state index in [0.29, 0.717) is 11.5 Å². The molecular weight excluding hydrogens is 392 g/mol. The van der Waals surface area contributed by atoms with Crippen molar-refractivity contribution >= 4 is 0 Å². The van der Waals surface area contributed by atoms with Gasteiger partial charge in [-0.3, -0.25) is 0 Å². The predicted octanol–water partition coefficient (Wildman–Crippen LogP) is 9.28. The van der Waals surface area contributed by atoms with Gasteiger partial charge in [-0.1, -0.05) is 128 Å². The van der Waals surface area contributed by atoms with E-state index in [1.807, 2.05) is 24.3 Å². The Morgan fingerprint density at radius 2 is 0.812 bits per heavy atom. The van der Waals surface area contributed by atoms with E-state index >= 15 is 0 Å². The molecule has 0 aliphatic carbocycles. The fourth-order valence-electron chi connectivity index (χ4n) is 4.79. The maximum atomic E-state index is 9.70. The number of hydrogen-bond donors (Lipinski definition) is 2. The van der Waals surface area contributed by atoms with E-state index in [-0.39, 0.29) is 5.41 Å². The molecule has 2 nitrogen and oxygen atoms in total. The molecule has 0 atom stereocenters. The maximum absolute atomic E-state index is 9.70. The molecule has 0 saturated heterocycles. The van der Waals surface area contributed by atoms with Gasteiger partial charge in [0.05, 0.1) is 0 Å². The van der Waals surface area contributed by atoms with Crippen LogP contribution in [0, 0.1) is 0 Å². The van der Waals surface area contributed by atoms with E-state index in [4.69, 9.17) is 0 Å². The van der Waals surface area contributed by atoms with Crippen molar-refractivity contribution in [2.75, 3.05) is 0 Å². The minimum Gasteiger partial charge on any atom is -0.508 e. The van der Waals surface area contributed by atoms with Gasteiger partial charge >= 0.3 is 0 Å². The van der Waals surface area contributed by atoms with Crippen LogP contribution in [0.15, 0.2) is 48.5 Å². The zero-order valence-electron chi connectivity index (χ0n) is 20.6. The largest absolute Gasteiger partial charge is 0.508 e. The molecule has 0 amide bonds. The predicted molar refractivity (Wildman–Crippen MR) is 138 cm³/mol. The van der Waals surface area contributed by atoms with Gasteiger partial charge in [-0.05, 0) is 41.8 Å². The molecule has 178 valence electrons. The third-order valence-electron chi connectivity index (χ3n) is 7.04. The van der Waals surface area contributed by atoms with Crippen LogP contribution in [0.2, 0.25) is 0 Å². The average Bonchev–Trinajstić information content (AvgIpc) is 2.80. The third-order valence-corrected chi connectivity index (χ3v) is 7.04. The molecule has 2 heteroatoms. The molecule has 2 aromatic carbocycles. The summed E-state index contributed by atoms with van der Waals surface area (Å²) >= 11 is 0. The molecule has 0 aliphatic heterocycles. The molecule has 0 radical (unpaired) electrons. The fraction of sp³-hybridized carbons (Fsp3) is 0.600. The van der Waals surface area contributed by atoms with Crippen molar-refractivity contribution in [1.29, 1.82) is 0 Å². The summed E-state index contributed by atoms with van der Waals surface area (Å²) in [6, 6.07) is 15.2. The zero-order valence-corrected chi connectivity index (χ0v) is 20.6. The number of rotatable bonds is 17. The van der Waals surface area contributed by atoms with Crippen LogP contribution >= 0.6 is 0 Å². The number of phenols is 2. The highest BCUT2D eigenvalue weighted by molar-refractivity contribution is 5.42. The lowest BCUT2D eigenvalue weighted by atomic mass is 9.72. The first kappa shape index (κ1) is 26.3. The summed E-state index contributed by atoms with van der Waals surface area (Å²) in [5.74, 6) is 0.608. The maximum Gasteiger partial charge on any atom is 0.115 e. The van der Waals surface area contributed by atoms with Crippen molar-refractivity contribution in [3.8, 4) is 11.5 Å². The molecule has 0 heterocycles. The quantitative estimate of drug-likeness (QED) is 0.242. The lowest BCUT2D eigenvalue weighted by Gasteiger charge is -2.31. The molecule has 0 saturated carbocycles. The van der Waals surface area contributed by atoms with Crippen LogP contribution < -0.4 is 0 Å². The van der Waals surface area contributed by atoms with E-state index in [0.717, 1.165) is 6.42 Å². The average molecular weight is 439 g/mol. The fourth-order valence-corrected chi connectivity index (χ4v) is 4.79. The van der Waals surface area contributed by atoms with Crippen LogP contribution in [0.25, 0.3) is 0 Å². The van der Waals surface area contributed by atoms with E-state index in [1.54, 1.807) is 24.3 Å². The molecule has 2 aromatic rings. The summed E-state index contributed by atoms with van der Waals surface area (Å²) < 4.78 is 0. The zero-order chi connectivity index (χ0) is 23.1. The first-order chi connectivity index (χ1) is 15.6. The third kappa shape index (κ3) is 9.27. The molecule has 0 unspecified atom stereocenters. The summed E-state index contributed by atoms with van der Waals surface area (Å²) in [4.78, 5) is 0. The van der Waals surface area contributed by atoms with Crippen molar-refractivity contribution in [2.45, 2.75) is 116 Å². The second kappa shape index (κ2) is 15.0. The summed E-state index contributed by atoms with van der Waals surface area (Å²) in [6.45, 7) is 4.57. The van der Waals surface area contributed by atoms with Gasteiger partial charge in [0.1, 0.15) is 11.5 Å². The van der Waals surface area contributed by atoms with Gasteiger partial charge in [-0.2, -0.15) is 0 Å². The molecule has 0 spiro atoms. The van der Waals surface area contributed by atoms with E-state index in [1.165, 1.54) is 101 Å². The lowest BCUT2D eigenvalue weighted by molar-refractivity contribution is 0.459. The monoisotopic (exact) mass is 438 g/mol. The van der Waals surface area contributed by atoms with Gasteiger partial charge in [0.2, 0.25) is 0 Å². The minimum atomic E-state index is -0.113. The van der Waals surface area contributed by atoms with Crippen LogP contribution in [-0.2, 0) is 5.41 Å². The Morgan fingerprint density at radius 1 is 0.500 bits per heavy atom. The Labute approximate surface area is 197 Å². The topological polar surface area (TPSA) is 40.5 Å². The van der Waals surface area contributed by atoms with Crippen LogP contribution in [0.5, 0.6) is 11.5 Å². The molecule has 0 fully saturated rings. The first-order valence-corrected chi connectivity index (χ1v) is 13.2. The Hall–Kier alpha value is -1.96. The molecule has 2 rings (SSSR count). The van der Waals surface area contributed by atoms with Gasteiger partial charge in [0.15, 0.2) is 0 Å². The Balaban J connectivity index is 1.67. The van der Waals surface area contributed by atoms with Crippen molar-refractivity contribution in [1.82, 2.24) is 0 Å². The van der Waals surface area contributed by atoms with Gasteiger partial charge < -0.3 is 10.2 Å². The molecule has 0 aliphatic rings. The standard InChI is InChI=1S/C30H46O2/c1-3-4-5-6-7-8-9-10-11-12-13-14-15-16-25-30(2,26-17-21-28(31)22-18-26)27-19-23-29(32)24-20-27/h17-24,31-32H,3-16,25H2,1-2H3.